The Balaban J connectivity index is 1.67. The number of non-ortho nitro benzene ring substituents is 1. The van der Waals surface area contributed by atoms with Gasteiger partial charge >= 0.3 is 5.97 Å². The van der Waals surface area contributed by atoms with Crippen molar-refractivity contribution in [2.75, 3.05) is 5.75 Å². The number of hydrogen-bond acceptors (Lipinski definition) is 7. The van der Waals surface area contributed by atoms with Crippen molar-refractivity contribution in [3.63, 3.8) is 0 Å². The third-order valence-corrected chi connectivity index (χ3v) is 5.74. The Hall–Kier alpha value is -2.59. The highest BCUT2D eigenvalue weighted by molar-refractivity contribution is 8.00. The van der Waals surface area contributed by atoms with Crippen molar-refractivity contribution in [1.29, 1.82) is 0 Å². The smallest absolute Gasteiger partial charge is 0.356 e. The number of nitro groups is 1. The first kappa shape index (κ1) is 19.2. The Bertz CT molecular complexity index is 856. The maximum Gasteiger partial charge on any atom is 0.356 e. The number of hydrogen-bond donors (Lipinski definition) is 1. The van der Waals surface area contributed by atoms with Gasteiger partial charge in [0, 0.05) is 24.8 Å². The number of nitrogens with one attached hydrogen (secondary N) is 1. The minimum absolute atomic E-state index is 0.0334. The molecule has 1 N–H and O–H groups in total. The van der Waals surface area contributed by atoms with E-state index in [1.807, 2.05) is 0 Å². The lowest BCUT2D eigenvalue weighted by molar-refractivity contribution is -0.384. The third-order valence-electron chi connectivity index (χ3n) is 3.99. The molecule has 0 saturated carbocycles. The molecule has 2 atom stereocenters. The van der Waals surface area contributed by atoms with E-state index in [9.17, 15) is 24.5 Å². The van der Waals surface area contributed by atoms with Crippen molar-refractivity contribution in [2.45, 2.75) is 24.9 Å². The van der Waals surface area contributed by atoms with Crippen LogP contribution in [-0.4, -0.2) is 44.8 Å². The molecule has 1 saturated heterocycles. The summed E-state index contributed by atoms with van der Waals surface area (Å²) in [5.41, 5.74) is 0.450. The highest BCUT2D eigenvalue weighted by atomic mass is 35.5. The van der Waals surface area contributed by atoms with E-state index in [2.05, 4.69) is 5.32 Å². The largest absolute Gasteiger partial charge is 0.456 e. The van der Waals surface area contributed by atoms with Gasteiger partial charge in [-0.05, 0) is 17.7 Å². The van der Waals surface area contributed by atoms with Gasteiger partial charge in [0.25, 0.3) is 11.6 Å². The Labute approximate surface area is 162 Å². The average molecular weight is 412 g/mol. The number of carbonyl (C=O) groups is 3. The van der Waals surface area contributed by atoms with Crippen LogP contribution in [0.5, 0.6) is 0 Å². The van der Waals surface area contributed by atoms with E-state index >= 15 is 0 Å². The van der Waals surface area contributed by atoms with Crippen LogP contribution in [0.25, 0.3) is 0 Å². The molecular formula is C16H14ClN3O6S. The van der Waals surface area contributed by atoms with Crippen molar-refractivity contribution < 1.29 is 24.0 Å². The average Bonchev–Trinajstić information content (AvgIpc) is 2.64. The number of carbonyl (C=O) groups excluding carboxylic acids is 3. The lowest BCUT2D eigenvalue weighted by atomic mass is 10.1. The zero-order valence-corrected chi connectivity index (χ0v) is 15.6. The van der Waals surface area contributed by atoms with E-state index in [1.165, 1.54) is 47.9 Å². The maximum absolute atomic E-state index is 12.5. The van der Waals surface area contributed by atoms with Crippen molar-refractivity contribution in [2.24, 2.45) is 0 Å². The van der Waals surface area contributed by atoms with Crippen LogP contribution in [0.3, 0.4) is 0 Å². The Morgan fingerprint density at radius 2 is 2.07 bits per heavy atom. The maximum atomic E-state index is 12.5. The van der Waals surface area contributed by atoms with Crippen molar-refractivity contribution in [1.82, 2.24) is 10.2 Å². The summed E-state index contributed by atoms with van der Waals surface area (Å²) in [7, 11) is 0. The lowest BCUT2D eigenvalue weighted by Gasteiger charge is -2.48. The second kappa shape index (κ2) is 7.57. The van der Waals surface area contributed by atoms with Crippen LogP contribution >= 0.6 is 23.4 Å². The number of esters is 1. The molecule has 1 aromatic carbocycles. The molecular weight excluding hydrogens is 398 g/mol. The first-order chi connectivity index (χ1) is 12.8. The molecule has 9 nitrogen and oxygen atoms in total. The monoisotopic (exact) mass is 411 g/mol. The second-order valence-corrected chi connectivity index (χ2v) is 7.40. The minimum Gasteiger partial charge on any atom is -0.456 e. The summed E-state index contributed by atoms with van der Waals surface area (Å²) in [6, 6.07) is 4.86. The Kier molecular flexibility index (Phi) is 5.38. The van der Waals surface area contributed by atoms with Crippen LogP contribution in [0.4, 0.5) is 5.69 Å². The predicted octanol–water partition coefficient (Wildman–Crippen LogP) is 1.51. The zero-order chi connectivity index (χ0) is 19.7. The molecule has 27 heavy (non-hydrogen) atoms. The summed E-state index contributed by atoms with van der Waals surface area (Å²) < 4.78 is 5.21. The molecule has 1 unspecified atom stereocenters. The van der Waals surface area contributed by atoms with Crippen LogP contribution in [0.15, 0.2) is 35.0 Å². The van der Waals surface area contributed by atoms with Gasteiger partial charge in [-0.1, -0.05) is 11.6 Å². The molecule has 2 aliphatic heterocycles. The Morgan fingerprint density at radius 1 is 1.41 bits per heavy atom. The number of amides is 2. The number of β-lactam (4-membered cyclic amide) rings is 1. The van der Waals surface area contributed by atoms with E-state index in [0.29, 0.717) is 11.3 Å². The molecule has 1 fully saturated rings. The van der Waals surface area contributed by atoms with E-state index in [0.717, 1.165) is 0 Å². The summed E-state index contributed by atoms with van der Waals surface area (Å²) in [4.78, 5) is 47.3. The summed E-state index contributed by atoms with van der Waals surface area (Å²) in [5, 5.41) is 13.0. The zero-order valence-electron chi connectivity index (χ0n) is 14.0. The summed E-state index contributed by atoms with van der Waals surface area (Å²) >= 11 is 7.47. The van der Waals surface area contributed by atoms with E-state index in [-0.39, 0.29) is 28.9 Å². The first-order valence-electron chi connectivity index (χ1n) is 7.80. The standard InChI is InChI=1S/C16H14ClN3O6S/c1-8(21)18-12-14(22)19-13(11(17)7-27-15(12)19)16(23)26-6-9-2-4-10(5-3-9)20(24)25/h2-5,12,15H,6-7H2,1H3,(H,18,21)/t12?,15-/m1/s1. The summed E-state index contributed by atoms with van der Waals surface area (Å²) in [6.07, 6.45) is 0. The van der Waals surface area contributed by atoms with Gasteiger partial charge in [-0.25, -0.2) is 4.79 Å². The predicted molar refractivity (Wildman–Crippen MR) is 96.5 cm³/mol. The number of benzene rings is 1. The van der Waals surface area contributed by atoms with Crippen molar-refractivity contribution in [3.8, 4) is 0 Å². The molecule has 0 aliphatic carbocycles. The number of thioether (sulfide) groups is 1. The highest BCUT2D eigenvalue weighted by Gasteiger charge is 2.54. The fraction of sp³-hybridized carbons (Fsp3) is 0.312. The molecule has 0 aromatic heterocycles. The highest BCUT2D eigenvalue weighted by Crippen LogP contribution is 2.41. The normalized spacial score (nSPS) is 21.3. The molecule has 0 radical (unpaired) electrons. The molecule has 11 heteroatoms. The summed E-state index contributed by atoms with van der Waals surface area (Å²) in [6.45, 7) is 1.19. The van der Waals surface area contributed by atoms with E-state index < -0.39 is 28.2 Å². The topological polar surface area (TPSA) is 119 Å². The SMILES string of the molecule is CC(=O)NC1C(=O)N2C(C(=O)OCc3ccc([N+](=O)[O-])cc3)=C(Cl)CS[C@H]12. The van der Waals surface area contributed by atoms with Gasteiger partial charge < -0.3 is 10.1 Å². The molecule has 2 aliphatic rings. The van der Waals surface area contributed by atoms with Gasteiger partial charge in [-0.3, -0.25) is 24.6 Å². The van der Waals surface area contributed by atoms with Crippen LogP contribution in [0.1, 0.15) is 12.5 Å². The van der Waals surface area contributed by atoms with Crippen LogP contribution < -0.4 is 5.32 Å². The van der Waals surface area contributed by atoms with Crippen LogP contribution in [0.2, 0.25) is 0 Å². The van der Waals surface area contributed by atoms with Gasteiger partial charge in [0.05, 0.1) is 9.96 Å². The fourth-order valence-corrected chi connectivity index (χ4v) is 4.27. The van der Waals surface area contributed by atoms with Gasteiger partial charge in [0.15, 0.2) is 0 Å². The third kappa shape index (κ3) is 3.76. The van der Waals surface area contributed by atoms with Gasteiger partial charge in [0.2, 0.25) is 5.91 Å². The van der Waals surface area contributed by atoms with Crippen molar-refractivity contribution in [3.05, 3.63) is 50.7 Å². The Morgan fingerprint density at radius 3 is 2.67 bits per heavy atom. The lowest BCUT2D eigenvalue weighted by Crippen LogP contribution is -2.70. The molecule has 142 valence electrons. The van der Waals surface area contributed by atoms with Crippen LogP contribution in [0, 0.1) is 10.1 Å². The van der Waals surface area contributed by atoms with Crippen LogP contribution in [-0.2, 0) is 25.7 Å². The number of nitrogens with zero attached hydrogens (tertiary/aromatic N) is 2. The number of halogens is 1. The molecule has 1 aromatic rings. The van der Waals surface area contributed by atoms with E-state index in [1.54, 1.807) is 0 Å². The summed E-state index contributed by atoms with van der Waals surface area (Å²) in [5.74, 6) is -1.22. The van der Waals surface area contributed by atoms with E-state index in [4.69, 9.17) is 16.3 Å². The number of nitro benzene ring substituents is 1. The van der Waals surface area contributed by atoms with Crippen molar-refractivity contribution >= 4 is 46.8 Å². The molecule has 2 amide bonds. The van der Waals surface area contributed by atoms with Gasteiger partial charge in [-0.15, -0.1) is 11.8 Å². The molecule has 0 bridgehead atoms. The number of fused-ring (bicyclic) bond motifs is 1. The fourth-order valence-electron chi connectivity index (χ4n) is 2.72. The minimum atomic E-state index is -0.765. The number of rotatable bonds is 5. The van der Waals surface area contributed by atoms with Gasteiger partial charge in [-0.2, -0.15) is 0 Å². The molecule has 2 heterocycles. The first-order valence-corrected chi connectivity index (χ1v) is 9.23. The van der Waals surface area contributed by atoms with Gasteiger partial charge in [0.1, 0.15) is 23.7 Å². The molecule has 0 spiro atoms. The number of ether oxygens (including phenoxy) is 1. The quantitative estimate of drug-likeness (QED) is 0.337. The molecule has 3 rings (SSSR count). The second-order valence-electron chi connectivity index (χ2n) is 5.84.